The van der Waals surface area contributed by atoms with E-state index in [0.29, 0.717) is 16.8 Å². The van der Waals surface area contributed by atoms with Gasteiger partial charge in [0.1, 0.15) is 11.3 Å². The molecule has 0 radical (unpaired) electrons. The number of hydrogen-bond acceptors (Lipinski definition) is 6. The van der Waals surface area contributed by atoms with Gasteiger partial charge in [-0.2, -0.15) is 18.3 Å². The van der Waals surface area contributed by atoms with Gasteiger partial charge in [0.2, 0.25) is 5.91 Å². The SMILES string of the molecule is NC(=O)c1cc(F)cc2cn(-c3ccc(NC(=O)C4CN(OC(=O)C(F)(F)F)C4)cc3)nc12. The van der Waals surface area contributed by atoms with E-state index in [-0.39, 0.29) is 24.2 Å². The van der Waals surface area contributed by atoms with Crippen molar-refractivity contribution in [2.24, 2.45) is 11.7 Å². The number of anilines is 1. The number of hydroxylamine groups is 2. The molecule has 0 spiro atoms. The topological polar surface area (TPSA) is 120 Å². The fourth-order valence-electron chi connectivity index (χ4n) is 3.21. The number of carbonyl (C=O) groups excluding carboxylic acids is 3. The van der Waals surface area contributed by atoms with Crippen molar-refractivity contribution in [3.63, 3.8) is 0 Å². The molecule has 0 atom stereocenters. The summed E-state index contributed by atoms with van der Waals surface area (Å²) in [4.78, 5) is 38.7. The van der Waals surface area contributed by atoms with E-state index < -0.39 is 35.7 Å². The summed E-state index contributed by atoms with van der Waals surface area (Å²) in [5.41, 5.74) is 6.43. The van der Waals surface area contributed by atoms with Crippen LogP contribution in [0.1, 0.15) is 10.4 Å². The Morgan fingerprint density at radius 2 is 1.79 bits per heavy atom. The van der Waals surface area contributed by atoms with Crippen molar-refractivity contribution in [1.82, 2.24) is 14.8 Å². The first kappa shape index (κ1) is 22.2. The molecule has 3 aromatic rings. The number of halogens is 4. The van der Waals surface area contributed by atoms with E-state index in [9.17, 15) is 31.9 Å². The Morgan fingerprint density at radius 3 is 2.39 bits per heavy atom. The largest absolute Gasteiger partial charge is 0.492 e. The van der Waals surface area contributed by atoms with Crippen LogP contribution < -0.4 is 11.1 Å². The summed E-state index contributed by atoms with van der Waals surface area (Å²) in [7, 11) is 0. The quantitative estimate of drug-likeness (QED) is 0.558. The van der Waals surface area contributed by atoms with Gasteiger partial charge in [-0.3, -0.25) is 9.59 Å². The molecule has 2 amide bonds. The highest BCUT2D eigenvalue weighted by atomic mass is 19.4. The van der Waals surface area contributed by atoms with Crippen molar-refractivity contribution < 1.29 is 36.8 Å². The summed E-state index contributed by atoms with van der Waals surface area (Å²) < 4.78 is 51.7. The minimum atomic E-state index is -5.11. The van der Waals surface area contributed by atoms with Gasteiger partial charge >= 0.3 is 12.1 Å². The zero-order chi connectivity index (χ0) is 23.9. The molecule has 1 aliphatic heterocycles. The lowest BCUT2D eigenvalue weighted by Crippen LogP contribution is -2.53. The van der Waals surface area contributed by atoms with Gasteiger partial charge in [-0.25, -0.2) is 13.9 Å². The Hall–Kier alpha value is -4.00. The highest BCUT2D eigenvalue weighted by Crippen LogP contribution is 2.24. The fraction of sp³-hybridized carbons (Fsp3) is 0.200. The molecule has 2 aromatic carbocycles. The van der Waals surface area contributed by atoms with Crippen LogP contribution in [0.15, 0.2) is 42.6 Å². The van der Waals surface area contributed by atoms with Gasteiger partial charge in [-0.05, 0) is 36.4 Å². The van der Waals surface area contributed by atoms with E-state index in [1.54, 1.807) is 24.3 Å². The number of aromatic nitrogens is 2. The molecule has 1 fully saturated rings. The summed E-state index contributed by atoms with van der Waals surface area (Å²) in [5.74, 6) is -4.88. The molecule has 0 unspecified atom stereocenters. The van der Waals surface area contributed by atoms with Gasteiger partial charge in [0.05, 0.1) is 17.2 Å². The lowest BCUT2D eigenvalue weighted by atomic mass is 10.0. The predicted molar refractivity (Wildman–Crippen MR) is 105 cm³/mol. The number of benzene rings is 2. The zero-order valence-electron chi connectivity index (χ0n) is 16.6. The Labute approximate surface area is 182 Å². The number of amides is 2. The molecule has 9 nitrogen and oxygen atoms in total. The number of nitrogens with one attached hydrogen (secondary N) is 1. The van der Waals surface area contributed by atoms with E-state index in [4.69, 9.17) is 5.73 Å². The molecule has 0 bridgehead atoms. The van der Waals surface area contributed by atoms with Crippen LogP contribution in [0.3, 0.4) is 0 Å². The lowest BCUT2D eigenvalue weighted by Gasteiger charge is -2.35. The number of rotatable bonds is 5. The van der Waals surface area contributed by atoms with Crippen LogP contribution in [0.4, 0.5) is 23.2 Å². The van der Waals surface area contributed by atoms with Crippen LogP contribution in [0.25, 0.3) is 16.6 Å². The van der Waals surface area contributed by atoms with Crippen LogP contribution in [0.5, 0.6) is 0 Å². The molecule has 3 N–H and O–H groups in total. The molecular formula is C20H15F4N5O4. The number of hydrogen-bond donors (Lipinski definition) is 2. The highest BCUT2D eigenvalue weighted by molar-refractivity contribution is 6.04. The first-order chi connectivity index (χ1) is 15.5. The van der Waals surface area contributed by atoms with E-state index >= 15 is 0 Å². The van der Waals surface area contributed by atoms with Gasteiger partial charge in [0.15, 0.2) is 0 Å². The first-order valence-corrected chi connectivity index (χ1v) is 9.45. The average Bonchev–Trinajstić information content (AvgIpc) is 3.12. The number of fused-ring (bicyclic) bond motifs is 1. The molecule has 2 heterocycles. The normalized spacial score (nSPS) is 14.7. The Kier molecular flexibility index (Phi) is 5.49. The standard InChI is InChI=1S/C20H15F4N5O4/c21-12-5-10-9-29(27-16(10)15(6-12)17(25)30)14-3-1-13(2-4-14)26-18(31)11-7-28(8-11)33-19(32)20(22,23)24/h1-6,9,11H,7-8H2,(H2,25,30)(H,26,31). The van der Waals surface area contributed by atoms with Gasteiger partial charge in [-0.1, -0.05) is 0 Å². The number of alkyl halides is 3. The van der Waals surface area contributed by atoms with Crippen molar-refractivity contribution >= 4 is 34.4 Å². The summed E-state index contributed by atoms with van der Waals surface area (Å²) in [6, 6.07) is 8.57. The van der Waals surface area contributed by atoms with Crippen LogP contribution in [0.2, 0.25) is 0 Å². The second-order valence-electron chi connectivity index (χ2n) is 7.29. The maximum Gasteiger partial charge on any atom is 0.492 e. The molecule has 172 valence electrons. The van der Waals surface area contributed by atoms with E-state index in [1.165, 1.54) is 16.9 Å². The second kappa shape index (κ2) is 8.16. The summed E-state index contributed by atoms with van der Waals surface area (Å²) in [6.07, 6.45) is -3.59. The minimum Gasteiger partial charge on any atom is -0.366 e. The van der Waals surface area contributed by atoms with Crippen molar-refractivity contribution in [1.29, 1.82) is 0 Å². The number of nitrogens with zero attached hydrogens (tertiary/aromatic N) is 3. The van der Waals surface area contributed by atoms with Crippen LogP contribution in [0, 0.1) is 11.7 Å². The minimum absolute atomic E-state index is 0.0527. The molecule has 1 aliphatic rings. The van der Waals surface area contributed by atoms with Crippen molar-refractivity contribution in [3.8, 4) is 5.69 Å². The number of carbonyl (C=O) groups is 3. The van der Waals surface area contributed by atoms with E-state index in [1.807, 2.05) is 0 Å². The number of nitrogens with two attached hydrogens (primary N) is 1. The third-order valence-electron chi connectivity index (χ3n) is 4.90. The molecule has 1 aromatic heterocycles. The van der Waals surface area contributed by atoms with E-state index in [0.717, 1.165) is 11.1 Å². The number of primary amides is 1. The second-order valence-corrected chi connectivity index (χ2v) is 7.29. The molecule has 0 saturated carbocycles. The maximum absolute atomic E-state index is 13.7. The van der Waals surface area contributed by atoms with Gasteiger partial charge < -0.3 is 15.9 Å². The summed E-state index contributed by atoms with van der Waals surface area (Å²) >= 11 is 0. The monoisotopic (exact) mass is 465 g/mol. The summed E-state index contributed by atoms with van der Waals surface area (Å²) in [6.45, 7) is -0.325. The van der Waals surface area contributed by atoms with Crippen LogP contribution in [-0.4, -0.2) is 51.9 Å². The Morgan fingerprint density at radius 1 is 1.12 bits per heavy atom. The fourth-order valence-corrected chi connectivity index (χ4v) is 3.21. The predicted octanol–water partition coefficient (Wildman–Crippen LogP) is 2.15. The Bertz CT molecular complexity index is 1250. The average molecular weight is 465 g/mol. The highest BCUT2D eigenvalue weighted by Gasteiger charge is 2.45. The van der Waals surface area contributed by atoms with Gasteiger partial charge in [0, 0.05) is 30.4 Å². The van der Waals surface area contributed by atoms with Crippen LogP contribution >= 0.6 is 0 Å². The third-order valence-corrected chi connectivity index (χ3v) is 4.90. The Balaban J connectivity index is 1.39. The molecule has 13 heteroatoms. The van der Waals surface area contributed by atoms with Gasteiger partial charge in [-0.15, -0.1) is 5.06 Å². The molecule has 1 saturated heterocycles. The maximum atomic E-state index is 13.7. The molecule has 33 heavy (non-hydrogen) atoms. The molecular weight excluding hydrogens is 450 g/mol. The summed E-state index contributed by atoms with van der Waals surface area (Å²) in [5, 5.41) is 8.02. The smallest absolute Gasteiger partial charge is 0.366 e. The van der Waals surface area contributed by atoms with Crippen molar-refractivity contribution in [3.05, 3.63) is 54.0 Å². The van der Waals surface area contributed by atoms with Crippen LogP contribution in [-0.2, 0) is 14.4 Å². The van der Waals surface area contributed by atoms with E-state index in [2.05, 4.69) is 15.3 Å². The zero-order valence-corrected chi connectivity index (χ0v) is 16.6. The van der Waals surface area contributed by atoms with Crippen molar-refractivity contribution in [2.45, 2.75) is 6.18 Å². The molecule has 0 aliphatic carbocycles. The lowest BCUT2D eigenvalue weighted by molar-refractivity contribution is -0.256. The molecule has 4 rings (SSSR count). The third kappa shape index (κ3) is 4.62. The van der Waals surface area contributed by atoms with Gasteiger partial charge in [0.25, 0.3) is 5.91 Å². The van der Waals surface area contributed by atoms with Crippen molar-refractivity contribution in [2.75, 3.05) is 18.4 Å². The first-order valence-electron chi connectivity index (χ1n) is 9.45.